The van der Waals surface area contributed by atoms with Crippen molar-refractivity contribution in [1.29, 1.82) is 0 Å². The van der Waals surface area contributed by atoms with Crippen LogP contribution in [-0.4, -0.2) is 32.4 Å². The molecule has 52 valence electrons. The summed E-state index contributed by atoms with van der Waals surface area (Å²) >= 11 is 0. The SMILES string of the molecule is C=N/C=C\N(C)CNC. The normalized spacial score (nSPS) is 10.0. The maximum atomic E-state index is 3.56. The van der Waals surface area contributed by atoms with Gasteiger partial charge in [0, 0.05) is 19.4 Å². The van der Waals surface area contributed by atoms with Gasteiger partial charge in [0.2, 0.25) is 0 Å². The molecular weight excluding hydrogens is 114 g/mol. The monoisotopic (exact) mass is 127 g/mol. The molecule has 0 aromatic carbocycles. The van der Waals surface area contributed by atoms with Crippen LogP contribution >= 0.6 is 0 Å². The smallest absolute Gasteiger partial charge is 0.0671 e. The van der Waals surface area contributed by atoms with Crippen molar-refractivity contribution in [3.63, 3.8) is 0 Å². The van der Waals surface area contributed by atoms with Crippen LogP contribution in [0.2, 0.25) is 0 Å². The van der Waals surface area contributed by atoms with Gasteiger partial charge >= 0.3 is 0 Å². The van der Waals surface area contributed by atoms with Crippen LogP contribution in [0.15, 0.2) is 17.4 Å². The van der Waals surface area contributed by atoms with E-state index in [4.69, 9.17) is 0 Å². The van der Waals surface area contributed by atoms with Crippen LogP contribution in [0.3, 0.4) is 0 Å². The summed E-state index contributed by atoms with van der Waals surface area (Å²) in [5, 5.41) is 2.99. The molecule has 0 aliphatic heterocycles. The van der Waals surface area contributed by atoms with Crippen LogP contribution in [0, 0.1) is 0 Å². The first-order valence-corrected chi connectivity index (χ1v) is 2.78. The number of hydrogen-bond donors (Lipinski definition) is 1. The Morgan fingerprint density at radius 3 is 2.89 bits per heavy atom. The summed E-state index contributed by atoms with van der Waals surface area (Å²) in [6.07, 6.45) is 3.50. The van der Waals surface area contributed by atoms with Crippen LogP contribution in [0.5, 0.6) is 0 Å². The zero-order chi connectivity index (χ0) is 7.11. The molecule has 0 rings (SSSR count). The molecule has 0 bridgehead atoms. The van der Waals surface area contributed by atoms with Crippen molar-refractivity contribution < 1.29 is 0 Å². The van der Waals surface area contributed by atoms with Crippen molar-refractivity contribution in [1.82, 2.24) is 10.2 Å². The second-order valence-electron chi connectivity index (χ2n) is 1.75. The molecular formula is C6H13N3. The van der Waals surface area contributed by atoms with Gasteiger partial charge in [-0.15, -0.1) is 0 Å². The van der Waals surface area contributed by atoms with Crippen LogP contribution < -0.4 is 5.32 Å². The van der Waals surface area contributed by atoms with Gasteiger partial charge in [-0.2, -0.15) is 0 Å². The molecule has 0 unspecified atom stereocenters. The van der Waals surface area contributed by atoms with E-state index in [2.05, 4.69) is 17.0 Å². The predicted octanol–water partition coefficient (Wildman–Crippen LogP) is 0.267. The van der Waals surface area contributed by atoms with Crippen molar-refractivity contribution in [3.8, 4) is 0 Å². The van der Waals surface area contributed by atoms with E-state index in [0.717, 1.165) is 6.67 Å². The summed E-state index contributed by atoms with van der Waals surface area (Å²) in [6.45, 7) is 4.13. The van der Waals surface area contributed by atoms with Gasteiger partial charge in [-0.05, 0) is 13.8 Å². The Labute approximate surface area is 56.1 Å². The average molecular weight is 127 g/mol. The largest absolute Gasteiger partial charge is 0.366 e. The second kappa shape index (κ2) is 5.31. The van der Waals surface area contributed by atoms with Crippen LogP contribution in [0.1, 0.15) is 0 Å². The molecule has 0 fully saturated rings. The van der Waals surface area contributed by atoms with Gasteiger partial charge in [-0.25, -0.2) is 0 Å². The Kier molecular flexibility index (Phi) is 4.82. The Bertz CT molecular complexity index is 98.5. The highest BCUT2D eigenvalue weighted by Gasteiger charge is 1.82. The third-order valence-corrected chi connectivity index (χ3v) is 0.834. The fourth-order valence-corrected chi connectivity index (χ4v) is 0.463. The van der Waals surface area contributed by atoms with E-state index >= 15 is 0 Å². The third-order valence-electron chi connectivity index (χ3n) is 0.834. The zero-order valence-corrected chi connectivity index (χ0v) is 5.96. The lowest BCUT2D eigenvalue weighted by Crippen LogP contribution is -2.23. The highest BCUT2D eigenvalue weighted by molar-refractivity contribution is 5.25. The number of aliphatic imine (C=N–C) groups is 1. The first-order valence-electron chi connectivity index (χ1n) is 2.78. The molecule has 0 aliphatic carbocycles. The van der Waals surface area contributed by atoms with Crippen molar-refractivity contribution in [2.45, 2.75) is 0 Å². The second-order valence-corrected chi connectivity index (χ2v) is 1.75. The quantitative estimate of drug-likeness (QED) is 0.433. The minimum atomic E-state index is 0.825. The van der Waals surface area contributed by atoms with Gasteiger partial charge in [0.1, 0.15) is 0 Å². The highest BCUT2D eigenvalue weighted by atomic mass is 15.2. The lowest BCUT2D eigenvalue weighted by molar-refractivity contribution is 0.427. The van der Waals surface area contributed by atoms with Crippen LogP contribution in [-0.2, 0) is 0 Å². The fraction of sp³-hybridized carbons (Fsp3) is 0.500. The molecule has 0 heterocycles. The average Bonchev–Trinajstić information content (AvgIpc) is 1.85. The van der Waals surface area contributed by atoms with Gasteiger partial charge in [0.05, 0.1) is 6.67 Å². The van der Waals surface area contributed by atoms with Crippen LogP contribution in [0.4, 0.5) is 0 Å². The molecule has 3 heteroatoms. The maximum absolute atomic E-state index is 3.56. The Balaban J connectivity index is 3.35. The van der Waals surface area contributed by atoms with Gasteiger partial charge in [0.25, 0.3) is 0 Å². The lowest BCUT2D eigenvalue weighted by Gasteiger charge is -2.10. The zero-order valence-electron chi connectivity index (χ0n) is 5.96. The maximum Gasteiger partial charge on any atom is 0.0671 e. The number of hydrogen-bond acceptors (Lipinski definition) is 3. The molecule has 0 amide bonds. The molecule has 0 spiro atoms. The predicted molar refractivity (Wildman–Crippen MR) is 40.4 cm³/mol. The standard InChI is InChI=1S/C6H13N3/c1-7-4-5-9(3)6-8-2/h4-5,8H,1,6H2,2-3H3/b5-4-. The lowest BCUT2D eigenvalue weighted by atomic mass is 10.7. The van der Waals surface area contributed by atoms with Gasteiger partial charge in [-0.3, -0.25) is 4.99 Å². The number of nitrogens with one attached hydrogen (secondary N) is 1. The summed E-state index contributed by atoms with van der Waals surface area (Å²) in [5.41, 5.74) is 0. The molecule has 0 saturated heterocycles. The summed E-state index contributed by atoms with van der Waals surface area (Å²) < 4.78 is 0. The number of nitrogens with zero attached hydrogens (tertiary/aromatic N) is 2. The molecule has 0 aromatic heterocycles. The minimum absolute atomic E-state index is 0.825. The van der Waals surface area contributed by atoms with Crippen LogP contribution in [0.25, 0.3) is 0 Å². The topological polar surface area (TPSA) is 27.6 Å². The molecule has 0 aliphatic rings. The van der Waals surface area contributed by atoms with Crippen molar-refractivity contribution in [3.05, 3.63) is 12.4 Å². The summed E-state index contributed by atoms with van der Waals surface area (Å²) in [7, 11) is 3.85. The van der Waals surface area contributed by atoms with E-state index in [9.17, 15) is 0 Å². The minimum Gasteiger partial charge on any atom is -0.366 e. The summed E-state index contributed by atoms with van der Waals surface area (Å²) in [5.74, 6) is 0. The van der Waals surface area contributed by atoms with E-state index in [0.29, 0.717) is 0 Å². The first kappa shape index (κ1) is 8.17. The summed E-state index contributed by atoms with van der Waals surface area (Å²) in [4.78, 5) is 5.52. The molecule has 0 radical (unpaired) electrons. The molecule has 1 N–H and O–H groups in total. The van der Waals surface area contributed by atoms with E-state index in [1.54, 1.807) is 6.20 Å². The van der Waals surface area contributed by atoms with Gasteiger partial charge < -0.3 is 10.2 Å². The van der Waals surface area contributed by atoms with E-state index in [-0.39, 0.29) is 0 Å². The molecule has 0 saturated carbocycles. The van der Waals surface area contributed by atoms with E-state index in [1.807, 2.05) is 25.2 Å². The first-order chi connectivity index (χ1) is 4.31. The Morgan fingerprint density at radius 2 is 2.44 bits per heavy atom. The number of rotatable bonds is 4. The third kappa shape index (κ3) is 5.03. The Hall–Kier alpha value is -0.830. The molecule has 3 nitrogen and oxygen atoms in total. The van der Waals surface area contributed by atoms with Crippen molar-refractivity contribution in [2.75, 3.05) is 20.8 Å². The molecule has 9 heavy (non-hydrogen) atoms. The Morgan fingerprint density at radius 1 is 1.78 bits per heavy atom. The van der Waals surface area contributed by atoms with Gasteiger partial charge in [-0.1, -0.05) is 0 Å². The van der Waals surface area contributed by atoms with Crippen molar-refractivity contribution in [2.24, 2.45) is 4.99 Å². The molecule has 0 atom stereocenters. The highest BCUT2D eigenvalue weighted by Crippen LogP contribution is 1.79. The fourth-order valence-electron chi connectivity index (χ4n) is 0.463. The summed E-state index contributed by atoms with van der Waals surface area (Å²) in [6, 6.07) is 0. The van der Waals surface area contributed by atoms with E-state index < -0.39 is 0 Å². The molecule has 0 aromatic rings. The van der Waals surface area contributed by atoms with E-state index in [1.165, 1.54) is 0 Å². The van der Waals surface area contributed by atoms with Crippen molar-refractivity contribution >= 4 is 6.72 Å². The van der Waals surface area contributed by atoms with Gasteiger partial charge in [0.15, 0.2) is 0 Å².